The van der Waals surface area contributed by atoms with Gasteiger partial charge in [-0.2, -0.15) is 0 Å². The van der Waals surface area contributed by atoms with Gasteiger partial charge in [0.15, 0.2) is 11.5 Å². The second-order valence-corrected chi connectivity index (χ2v) is 9.87. The summed E-state index contributed by atoms with van der Waals surface area (Å²) < 4.78 is 22.1. The number of methoxy groups -OCH3 is 2. The highest BCUT2D eigenvalue weighted by Gasteiger charge is 2.46. The van der Waals surface area contributed by atoms with Crippen molar-refractivity contribution >= 4 is 17.4 Å². The molecular weight excluding hydrogens is 488 g/mol. The number of nitrogens with zero attached hydrogens (tertiary/aromatic N) is 2. The fourth-order valence-corrected chi connectivity index (χ4v) is 5.49. The van der Waals surface area contributed by atoms with Gasteiger partial charge in [0.05, 0.1) is 39.0 Å². The molecule has 0 aromatic heterocycles. The van der Waals surface area contributed by atoms with E-state index in [1.165, 1.54) is 7.11 Å². The van der Waals surface area contributed by atoms with Crippen LogP contribution in [0.4, 0.5) is 0 Å². The second-order valence-electron chi connectivity index (χ2n) is 9.87. The predicted molar refractivity (Wildman–Crippen MR) is 141 cm³/mol. The van der Waals surface area contributed by atoms with Gasteiger partial charge in [-0.15, -0.1) is 0 Å². The van der Waals surface area contributed by atoms with Crippen molar-refractivity contribution in [1.29, 1.82) is 0 Å². The summed E-state index contributed by atoms with van der Waals surface area (Å²) in [6, 6.07) is 9.92. The van der Waals surface area contributed by atoms with Crippen LogP contribution >= 0.6 is 0 Å². The monoisotopic (exact) mass is 522 g/mol. The summed E-state index contributed by atoms with van der Waals surface area (Å²) in [6.07, 6.45) is 1.45. The highest BCUT2D eigenvalue weighted by Crippen LogP contribution is 2.42. The van der Waals surface area contributed by atoms with Gasteiger partial charge in [-0.25, -0.2) is 0 Å². The van der Waals surface area contributed by atoms with Crippen LogP contribution in [0.15, 0.2) is 42.0 Å². The summed E-state index contributed by atoms with van der Waals surface area (Å²) in [7, 11) is 3.09. The number of carbonyl (C=O) groups excluding carboxylic acids is 2. The Morgan fingerprint density at radius 3 is 2.53 bits per heavy atom. The quantitative estimate of drug-likeness (QED) is 0.321. The lowest BCUT2D eigenvalue weighted by atomic mass is 9.94. The first kappa shape index (κ1) is 26.1. The van der Waals surface area contributed by atoms with Gasteiger partial charge < -0.3 is 29.0 Å². The van der Waals surface area contributed by atoms with Crippen LogP contribution in [0.1, 0.15) is 36.1 Å². The van der Waals surface area contributed by atoms with Gasteiger partial charge in [0.25, 0.3) is 11.7 Å². The maximum Gasteiger partial charge on any atom is 0.295 e. The van der Waals surface area contributed by atoms with Crippen LogP contribution in [0.25, 0.3) is 5.76 Å². The molecule has 9 nitrogen and oxygen atoms in total. The van der Waals surface area contributed by atoms with Gasteiger partial charge in [-0.3, -0.25) is 14.5 Å². The Balaban J connectivity index is 1.52. The molecule has 0 spiro atoms. The summed E-state index contributed by atoms with van der Waals surface area (Å²) in [4.78, 5) is 30.6. The molecule has 5 rings (SSSR count). The summed E-state index contributed by atoms with van der Waals surface area (Å²) in [5, 5.41) is 11.5. The molecule has 2 unspecified atom stereocenters. The molecule has 202 valence electrons. The van der Waals surface area contributed by atoms with Gasteiger partial charge in [-0.05, 0) is 54.8 Å². The Hall–Kier alpha value is -3.56. The van der Waals surface area contributed by atoms with Crippen molar-refractivity contribution in [1.82, 2.24) is 9.80 Å². The van der Waals surface area contributed by atoms with Crippen molar-refractivity contribution < 1.29 is 33.6 Å². The SMILES string of the molecule is COc1ccc(C2C(=C(O)c3ccc4c(c3)CC(C)O4)C(=O)C(=O)N2CCCN2CCOCC2)cc1OC. The van der Waals surface area contributed by atoms with Crippen LogP contribution < -0.4 is 14.2 Å². The third kappa shape index (κ3) is 4.96. The maximum atomic E-state index is 13.4. The first-order valence-corrected chi connectivity index (χ1v) is 13.0. The Kier molecular flexibility index (Phi) is 7.58. The third-order valence-corrected chi connectivity index (χ3v) is 7.41. The zero-order valence-electron chi connectivity index (χ0n) is 22.1. The minimum atomic E-state index is -0.761. The lowest BCUT2D eigenvalue weighted by molar-refractivity contribution is -0.140. The molecule has 3 aliphatic heterocycles. The number of hydrogen-bond acceptors (Lipinski definition) is 8. The van der Waals surface area contributed by atoms with E-state index in [0.717, 1.165) is 30.9 Å². The number of likely N-dealkylation sites (tertiary alicyclic amines) is 1. The molecule has 0 radical (unpaired) electrons. The van der Waals surface area contributed by atoms with Crippen LogP contribution in [-0.4, -0.2) is 86.3 Å². The largest absolute Gasteiger partial charge is 0.507 e. The number of ether oxygens (including phenoxy) is 4. The molecular formula is C29H34N2O7. The topological polar surface area (TPSA) is 97.8 Å². The van der Waals surface area contributed by atoms with Crippen molar-refractivity contribution in [3.05, 3.63) is 58.7 Å². The van der Waals surface area contributed by atoms with Crippen molar-refractivity contribution in [2.75, 3.05) is 53.6 Å². The van der Waals surface area contributed by atoms with Crippen molar-refractivity contribution in [2.24, 2.45) is 0 Å². The number of morpholine rings is 1. The van der Waals surface area contributed by atoms with Gasteiger partial charge in [0.2, 0.25) is 0 Å². The zero-order valence-corrected chi connectivity index (χ0v) is 22.1. The van der Waals surface area contributed by atoms with Gasteiger partial charge in [0, 0.05) is 38.2 Å². The number of Topliss-reactive ketones (excluding diaryl/α,β-unsaturated/α-hetero) is 1. The van der Waals surface area contributed by atoms with Crippen LogP contribution in [0.3, 0.4) is 0 Å². The summed E-state index contributed by atoms with van der Waals surface area (Å²) >= 11 is 0. The van der Waals surface area contributed by atoms with Gasteiger partial charge >= 0.3 is 0 Å². The van der Waals surface area contributed by atoms with E-state index in [0.29, 0.717) is 55.2 Å². The van der Waals surface area contributed by atoms with E-state index in [1.54, 1.807) is 42.3 Å². The standard InChI is InChI=1S/C29H34N2O7/c1-18-15-21-16-20(6-7-22(21)38-18)27(32)25-26(19-5-8-23(35-2)24(17-19)36-3)31(29(34)28(25)33)10-4-9-30-11-13-37-14-12-30/h5-8,16-18,26,32H,4,9-15H2,1-3H3. The molecule has 3 aliphatic rings. The van der Waals surface area contributed by atoms with Crippen LogP contribution in [0, 0.1) is 0 Å². The molecule has 38 heavy (non-hydrogen) atoms. The number of amides is 1. The van der Waals surface area contributed by atoms with E-state index >= 15 is 0 Å². The van der Waals surface area contributed by atoms with Crippen molar-refractivity contribution in [2.45, 2.75) is 31.9 Å². The summed E-state index contributed by atoms with van der Waals surface area (Å²) in [6.45, 7) is 6.22. The van der Waals surface area contributed by atoms with Crippen molar-refractivity contribution in [3.8, 4) is 17.2 Å². The van der Waals surface area contributed by atoms with Crippen LogP contribution in [0.2, 0.25) is 0 Å². The molecule has 0 saturated carbocycles. The summed E-state index contributed by atoms with van der Waals surface area (Å²) in [5.41, 5.74) is 2.18. The van der Waals surface area contributed by atoms with Crippen molar-refractivity contribution in [3.63, 3.8) is 0 Å². The van der Waals surface area contributed by atoms with E-state index in [9.17, 15) is 14.7 Å². The molecule has 3 heterocycles. The van der Waals surface area contributed by atoms with Gasteiger partial charge in [-0.1, -0.05) is 6.07 Å². The Bertz CT molecular complexity index is 1250. The van der Waals surface area contributed by atoms with E-state index in [4.69, 9.17) is 18.9 Å². The molecule has 2 atom stereocenters. The molecule has 0 bridgehead atoms. The smallest absolute Gasteiger partial charge is 0.295 e. The van der Waals surface area contributed by atoms with Crippen LogP contribution in [-0.2, 0) is 20.7 Å². The molecule has 2 fully saturated rings. The number of rotatable bonds is 8. The molecule has 9 heteroatoms. The normalized spacial score (nSPS) is 22.9. The first-order chi connectivity index (χ1) is 18.4. The number of hydrogen-bond donors (Lipinski definition) is 1. The second kappa shape index (κ2) is 11.0. The molecule has 2 aromatic rings. The van der Waals surface area contributed by atoms with E-state index in [-0.39, 0.29) is 17.4 Å². The number of carbonyl (C=O) groups is 2. The molecule has 1 N–H and O–H groups in total. The molecule has 2 saturated heterocycles. The Morgan fingerprint density at radius 2 is 1.79 bits per heavy atom. The van der Waals surface area contributed by atoms with Gasteiger partial charge in [0.1, 0.15) is 17.6 Å². The number of fused-ring (bicyclic) bond motifs is 1. The minimum absolute atomic E-state index is 0.0474. The van der Waals surface area contributed by atoms with E-state index in [1.807, 2.05) is 13.0 Å². The average molecular weight is 523 g/mol. The highest BCUT2D eigenvalue weighted by molar-refractivity contribution is 6.46. The average Bonchev–Trinajstić information content (AvgIpc) is 3.43. The predicted octanol–water partition coefficient (Wildman–Crippen LogP) is 3.17. The highest BCUT2D eigenvalue weighted by atomic mass is 16.5. The first-order valence-electron chi connectivity index (χ1n) is 13.0. The van der Waals surface area contributed by atoms with E-state index < -0.39 is 17.7 Å². The number of benzene rings is 2. The lowest BCUT2D eigenvalue weighted by Gasteiger charge is -2.29. The Labute approximate surface area is 222 Å². The number of aliphatic hydroxyl groups is 1. The van der Waals surface area contributed by atoms with E-state index in [2.05, 4.69) is 4.90 Å². The maximum absolute atomic E-state index is 13.4. The molecule has 1 amide bonds. The summed E-state index contributed by atoms with van der Waals surface area (Å²) in [5.74, 6) is 0.279. The fraction of sp³-hybridized carbons (Fsp3) is 0.448. The Morgan fingerprint density at radius 1 is 1.03 bits per heavy atom. The fourth-order valence-electron chi connectivity index (χ4n) is 5.49. The minimum Gasteiger partial charge on any atom is -0.507 e. The molecule has 0 aliphatic carbocycles. The lowest BCUT2D eigenvalue weighted by Crippen LogP contribution is -2.38. The molecule has 2 aromatic carbocycles. The van der Waals surface area contributed by atoms with Crippen LogP contribution in [0.5, 0.6) is 17.2 Å². The number of aliphatic hydroxyl groups excluding tert-OH is 1. The number of ketones is 1. The third-order valence-electron chi connectivity index (χ3n) is 7.41. The zero-order chi connectivity index (χ0) is 26.8.